The number of ether oxygens (including phenoxy) is 2. The zero-order chi connectivity index (χ0) is 22.3. The van der Waals surface area contributed by atoms with Crippen molar-refractivity contribution in [2.45, 2.75) is 33.7 Å². The van der Waals surface area contributed by atoms with Crippen LogP contribution in [0.3, 0.4) is 0 Å². The van der Waals surface area contributed by atoms with Gasteiger partial charge < -0.3 is 28.9 Å². The van der Waals surface area contributed by atoms with Gasteiger partial charge in [0.25, 0.3) is 0 Å². The van der Waals surface area contributed by atoms with Gasteiger partial charge in [0.2, 0.25) is 5.75 Å². The maximum absolute atomic E-state index is 13.3. The van der Waals surface area contributed by atoms with E-state index in [0.29, 0.717) is 5.56 Å². The number of aromatic hydroxyl groups is 1. The molecule has 2 N–H and O–H groups in total. The molecule has 1 aromatic carbocycles. The number of hydrogen-bond acceptors (Lipinski definition) is 8. The van der Waals surface area contributed by atoms with Crippen LogP contribution < -0.4 is 14.8 Å². The van der Waals surface area contributed by atoms with Gasteiger partial charge in [0.15, 0.2) is 11.5 Å². The molecule has 0 bridgehead atoms. The monoisotopic (exact) mass is 438 g/mol. The zero-order valence-corrected chi connectivity index (χ0v) is 19.3. The minimum Gasteiger partial charge on any atom is -0.502 e. The Morgan fingerprint density at radius 2 is 1.63 bits per heavy atom. The SMILES string of the molecule is CCOP(=O)(CC(Nc1cnc(C)cc1C)c1cc(OC)c(O)c(OC)c1)OCC. The van der Waals surface area contributed by atoms with Crippen LogP contribution in [0.4, 0.5) is 5.69 Å². The topological polar surface area (TPSA) is 99.1 Å². The van der Waals surface area contributed by atoms with Crippen molar-refractivity contribution < 1.29 is 28.2 Å². The van der Waals surface area contributed by atoms with Gasteiger partial charge in [-0.1, -0.05) is 0 Å². The number of phenols is 1. The number of aryl methyl sites for hydroxylation is 2. The van der Waals surface area contributed by atoms with E-state index in [-0.39, 0.29) is 36.6 Å². The number of aromatic nitrogens is 1. The largest absolute Gasteiger partial charge is 0.502 e. The molecular weight excluding hydrogens is 407 g/mol. The lowest BCUT2D eigenvalue weighted by Gasteiger charge is -2.26. The van der Waals surface area contributed by atoms with E-state index in [0.717, 1.165) is 16.9 Å². The Morgan fingerprint density at radius 3 is 2.10 bits per heavy atom. The predicted molar refractivity (Wildman–Crippen MR) is 117 cm³/mol. The summed E-state index contributed by atoms with van der Waals surface area (Å²) in [5, 5.41) is 13.7. The van der Waals surface area contributed by atoms with Crippen LogP contribution in [0.2, 0.25) is 0 Å². The van der Waals surface area contributed by atoms with E-state index in [1.807, 2.05) is 19.9 Å². The number of phenolic OH excluding ortho intramolecular Hbond substituents is 1. The fourth-order valence-corrected chi connectivity index (χ4v) is 4.97. The molecule has 0 aliphatic heterocycles. The normalized spacial score (nSPS) is 12.5. The van der Waals surface area contributed by atoms with Crippen LogP contribution in [0, 0.1) is 13.8 Å². The average Bonchev–Trinajstić information content (AvgIpc) is 2.70. The van der Waals surface area contributed by atoms with Crippen molar-refractivity contribution >= 4 is 13.3 Å². The van der Waals surface area contributed by atoms with Crippen LogP contribution in [0.5, 0.6) is 17.2 Å². The third kappa shape index (κ3) is 5.88. The summed E-state index contributed by atoms with van der Waals surface area (Å²) in [6, 6.07) is 4.83. The lowest BCUT2D eigenvalue weighted by Crippen LogP contribution is -2.18. The molecule has 1 unspecified atom stereocenters. The van der Waals surface area contributed by atoms with Crippen LogP contribution >= 0.6 is 7.60 Å². The fraction of sp³-hybridized carbons (Fsp3) is 0.476. The van der Waals surface area contributed by atoms with Crippen LogP contribution in [0.1, 0.15) is 36.7 Å². The van der Waals surface area contributed by atoms with E-state index >= 15 is 0 Å². The highest BCUT2D eigenvalue weighted by Crippen LogP contribution is 2.52. The highest BCUT2D eigenvalue weighted by molar-refractivity contribution is 7.53. The number of nitrogens with one attached hydrogen (secondary N) is 1. The van der Waals surface area contributed by atoms with Gasteiger partial charge >= 0.3 is 7.60 Å². The molecule has 8 nitrogen and oxygen atoms in total. The zero-order valence-electron chi connectivity index (χ0n) is 18.4. The highest BCUT2D eigenvalue weighted by Gasteiger charge is 2.31. The fourth-order valence-electron chi connectivity index (χ4n) is 3.14. The van der Waals surface area contributed by atoms with Crippen molar-refractivity contribution in [1.29, 1.82) is 0 Å². The first-order chi connectivity index (χ1) is 14.3. The van der Waals surface area contributed by atoms with Gasteiger partial charge in [-0.25, -0.2) is 0 Å². The van der Waals surface area contributed by atoms with E-state index in [1.165, 1.54) is 14.2 Å². The van der Waals surface area contributed by atoms with Gasteiger partial charge in [-0.05, 0) is 57.0 Å². The third-order valence-electron chi connectivity index (χ3n) is 4.54. The summed E-state index contributed by atoms with van der Waals surface area (Å²) in [4.78, 5) is 4.35. The Hall–Kier alpha value is -2.28. The van der Waals surface area contributed by atoms with Crippen molar-refractivity contribution in [3.8, 4) is 17.2 Å². The van der Waals surface area contributed by atoms with E-state index < -0.39 is 13.6 Å². The minimum absolute atomic E-state index is 0.0685. The molecule has 2 rings (SSSR count). The Labute approximate surface area is 178 Å². The van der Waals surface area contributed by atoms with Crippen LogP contribution in [-0.4, -0.2) is 43.7 Å². The number of hydrogen-bond donors (Lipinski definition) is 2. The molecule has 0 saturated carbocycles. The molecule has 1 aromatic heterocycles. The average molecular weight is 438 g/mol. The van der Waals surface area contributed by atoms with Crippen molar-refractivity contribution in [3.63, 3.8) is 0 Å². The molecule has 0 aliphatic rings. The molecule has 1 atom stereocenters. The van der Waals surface area contributed by atoms with Gasteiger partial charge in [-0.2, -0.15) is 0 Å². The molecular formula is C21H31N2O6P. The lowest BCUT2D eigenvalue weighted by atomic mass is 10.1. The number of benzene rings is 1. The Kier molecular flexibility index (Phi) is 8.53. The second-order valence-electron chi connectivity index (χ2n) is 6.74. The van der Waals surface area contributed by atoms with Crippen LogP contribution in [-0.2, 0) is 13.6 Å². The maximum Gasteiger partial charge on any atom is 0.333 e. The summed E-state index contributed by atoms with van der Waals surface area (Å²) in [5.74, 6) is 0.392. The van der Waals surface area contributed by atoms with E-state index in [2.05, 4.69) is 10.3 Å². The van der Waals surface area contributed by atoms with Crippen LogP contribution in [0.15, 0.2) is 24.4 Å². The third-order valence-corrected chi connectivity index (χ3v) is 6.66. The summed E-state index contributed by atoms with van der Waals surface area (Å²) < 4.78 is 34.9. The number of rotatable bonds is 11. The quantitative estimate of drug-likeness (QED) is 0.481. The number of methoxy groups -OCH3 is 2. The predicted octanol–water partition coefficient (Wildman–Crippen LogP) is 4.84. The number of pyridine rings is 1. The smallest absolute Gasteiger partial charge is 0.333 e. The van der Waals surface area contributed by atoms with E-state index in [1.54, 1.807) is 32.2 Å². The second kappa shape index (κ2) is 10.7. The highest BCUT2D eigenvalue weighted by atomic mass is 31.2. The summed E-state index contributed by atoms with van der Waals surface area (Å²) in [6.07, 6.45) is 1.80. The molecule has 0 spiro atoms. The Balaban J connectivity index is 2.53. The molecule has 0 fully saturated rings. The van der Waals surface area contributed by atoms with Gasteiger partial charge in [-0.15, -0.1) is 0 Å². The van der Waals surface area contributed by atoms with E-state index in [9.17, 15) is 9.67 Å². The Bertz CT molecular complexity index is 870. The summed E-state index contributed by atoms with van der Waals surface area (Å²) in [7, 11) is -0.472. The number of anilines is 1. The van der Waals surface area contributed by atoms with Gasteiger partial charge in [-0.3, -0.25) is 9.55 Å². The summed E-state index contributed by atoms with van der Waals surface area (Å²) in [6.45, 7) is 7.96. The molecule has 0 saturated heterocycles. The molecule has 0 amide bonds. The minimum atomic E-state index is -3.39. The summed E-state index contributed by atoms with van der Waals surface area (Å²) >= 11 is 0. The molecule has 9 heteroatoms. The Morgan fingerprint density at radius 1 is 1.07 bits per heavy atom. The molecule has 0 aliphatic carbocycles. The second-order valence-corrected chi connectivity index (χ2v) is 8.84. The standard InChI is InChI=1S/C21H31N2O6P/c1-7-28-30(25,29-8-2)13-18(23-17-12-22-15(4)9-14(17)3)16-10-19(26-5)21(24)20(11-16)27-6/h9-12,18,23-24H,7-8,13H2,1-6H3. The van der Waals surface area contributed by atoms with E-state index in [4.69, 9.17) is 18.5 Å². The molecule has 166 valence electrons. The first kappa shape index (κ1) is 24.0. The molecule has 1 heterocycles. The van der Waals surface area contributed by atoms with Crippen molar-refractivity contribution in [3.05, 3.63) is 41.2 Å². The van der Waals surface area contributed by atoms with Crippen molar-refractivity contribution in [2.75, 3.05) is 38.9 Å². The first-order valence-corrected chi connectivity index (χ1v) is 11.5. The van der Waals surface area contributed by atoms with Gasteiger partial charge in [0, 0.05) is 5.69 Å². The lowest BCUT2D eigenvalue weighted by molar-refractivity contribution is 0.219. The van der Waals surface area contributed by atoms with Gasteiger partial charge in [0.1, 0.15) is 0 Å². The molecule has 2 aromatic rings. The van der Waals surface area contributed by atoms with Crippen molar-refractivity contribution in [2.24, 2.45) is 0 Å². The summed E-state index contributed by atoms with van der Waals surface area (Å²) in [5.41, 5.74) is 3.38. The number of nitrogens with zero attached hydrogens (tertiary/aromatic N) is 1. The molecule has 0 radical (unpaired) electrons. The van der Waals surface area contributed by atoms with Crippen LogP contribution in [0.25, 0.3) is 0 Å². The first-order valence-electron chi connectivity index (χ1n) is 9.79. The maximum atomic E-state index is 13.3. The van der Waals surface area contributed by atoms with Crippen molar-refractivity contribution in [1.82, 2.24) is 4.98 Å². The molecule has 30 heavy (non-hydrogen) atoms. The van der Waals surface area contributed by atoms with Gasteiger partial charge in [0.05, 0.1) is 51.5 Å².